The SMILES string of the molecule is CCCCOC(=O)c1cccc(CCN)c1. The van der Waals surface area contributed by atoms with Gasteiger partial charge < -0.3 is 10.5 Å². The molecule has 3 heteroatoms. The van der Waals surface area contributed by atoms with Crippen LogP contribution in [0.2, 0.25) is 0 Å². The van der Waals surface area contributed by atoms with Gasteiger partial charge in [-0.2, -0.15) is 0 Å². The van der Waals surface area contributed by atoms with E-state index in [2.05, 4.69) is 6.92 Å². The van der Waals surface area contributed by atoms with Gasteiger partial charge in [0.05, 0.1) is 12.2 Å². The molecule has 0 unspecified atom stereocenters. The lowest BCUT2D eigenvalue weighted by Gasteiger charge is -2.05. The molecule has 0 aromatic heterocycles. The van der Waals surface area contributed by atoms with Crippen LogP contribution in [-0.4, -0.2) is 19.1 Å². The van der Waals surface area contributed by atoms with Crippen LogP contribution in [0, 0.1) is 0 Å². The second-order valence-electron chi connectivity index (χ2n) is 3.73. The molecular weight excluding hydrogens is 202 g/mol. The molecule has 0 fully saturated rings. The largest absolute Gasteiger partial charge is 0.462 e. The molecule has 0 spiro atoms. The summed E-state index contributed by atoms with van der Waals surface area (Å²) >= 11 is 0. The van der Waals surface area contributed by atoms with Gasteiger partial charge in [0, 0.05) is 0 Å². The Hall–Kier alpha value is -1.35. The van der Waals surface area contributed by atoms with E-state index in [9.17, 15) is 4.79 Å². The average Bonchev–Trinajstić information content (AvgIpc) is 2.30. The summed E-state index contributed by atoms with van der Waals surface area (Å²) in [6.07, 6.45) is 2.73. The van der Waals surface area contributed by atoms with Gasteiger partial charge in [-0.25, -0.2) is 4.79 Å². The van der Waals surface area contributed by atoms with Crippen LogP contribution in [0.4, 0.5) is 0 Å². The molecule has 1 aromatic rings. The van der Waals surface area contributed by atoms with Gasteiger partial charge in [-0.15, -0.1) is 0 Å². The Labute approximate surface area is 96.6 Å². The fraction of sp³-hybridized carbons (Fsp3) is 0.462. The molecule has 0 aliphatic carbocycles. The molecule has 3 nitrogen and oxygen atoms in total. The highest BCUT2D eigenvalue weighted by Crippen LogP contribution is 2.07. The third-order valence-corrected chi connectivity index (χ3v) is 2.33. The summed E-state index contributed by atoms with van der Waals surface area (Å²) in [5.41, 5.74) is 7.16. The molecular formula is C13H19NO2. The number of ether oxygens (including phenoxy) is 1. The van der Waals surface area contributed by atoms with Crippen molar-refractivity contribution in [2.45, 2.75) is 26.2 Å². The van der Waals surface area contributed by atoms with E-state index in [0.717, 1.165) is 24.8 Å². The zero-order valence-corrected chi connectivity index (χ0v) is 9.74. The van der Waals surface area contributed by atoms with E-state index in [-0.39, 0.29) is 5.97 Å². The fourth-order valence-electron chi connectivity index (χ4n) is 1.41. The standard InChI is InChI=1S/C13H19NO2/c1-2-3-9-16-13(15)12-6-4-5-11(10-12)7-8-14/h4-6,10H,2-3,7-9,14H2,1H3. The first-order chi connectivity index (χ1) is 7.77. The minimum Gasteiger partial charge on any atom is -0.462 e. The van der Waals surface area contributed by atoms with Gasteiger partial charge >= 0.3 is 5.97 Å². The van der Waals surface area contributed by atoms with Crippen molar-refractivity contribution >= 4 is 5.97 Å². The number of carbonyl (C=O) groups excluding carboxylic acids is 1. The topological polar surface area (TPSA) is 52.3 Å². The molecule has 1 aromatic carbocycles. The molecule has 0 amide bonds. The van der Waals surface area contributed by atoms with Crippen LogP contribution in [0.5, 0.6) is 0 Å². The molecule has 0 aliphatic rings. The first kappa shape index (κ1) is 12.7. The lowest BCUT2D eigenvalue weighted by molar-refractivity contribution is 0.0499. The maximum absolute atomic E-state index is 11.6. The molecule has 1 rings (SSSR count). The summed E-state index contributed by atoms with van der Waals surface area (Å²) in [7, 11) is 0. The first-order valence-corrected chi connectivity index (χ1v) is 5.74. The highest BCUT2D eigenvalue weighted by Gasteiger charge is 2.06. The number of hydrogen-bond acceptors (Lipinski definition) is 3. The zero-order chi connectivity index (χ0) is 11.8. The van der Waals surface area contributed by atoms with E-state index in [1.807, 2.05) is 18.2 Å². The van der Waals surface area contributed by atoms with E-state index >= 15 is 0 Å². The Balaban J connectivity index is 2.57. The third kappa shape index (κ3) is 4.03. The van der Waals surface area contributed by atoms with Gasteiger partial charge in [-0.05, 0) is 37.1 Å². The monoisotopic (exact) mass is 221 g/mol. The number of nitrogens with two attached hydrogens (primary N) is 1. The molecule has 0 heterocycles. The Kier molecular flexibility index (Phi) is 5.57. The highest BCUT2D eigenvalue weighted by atomic mass is 16.5. The van der Waals surface area contributed by atoms with E-state index in [0.29, 0.717) is 18.7 Å². The van der Waals surface area contributed by atoms with Crippen LogP contribution in [0.3, 0.4) is 0 Å². The third-order valence-electron chi connectivity index (χ3n) is 2.33. The van der Waals surface area contributed by atoms with Crippen molar-refractivity contribution in [3.05, 3.63) is 35.4 Å². The summed E-state index contributed by atoms with van der Waals surface area (Å²) in [5.74, 6) is -0.243. The van der Waals surface area contributed by atoms with Gasteiger partial charge in [0.15, 0.2) is 0 Å². The molecule has 88 valence electrons. The molecule has 0 atom stereocenters. The fourth-order valence-corrected chi connectivity index (χ4v) is 1.41. The summed E-state index contributed by atoms with van der Waals surface area (Å²) in [6.45, 7) is 3.15. The minimum atomic E-state index is -0.243. The van der Waals surface area contributed by atoms with Crippen molar-refractivity contribution < 1.29 is 9.53 Å². The molecule has 0 radical (unpaired) electrons. The van der Waals surface area contributed by atoms with Gasteiger partial charge in [-0.1, -0.05) is 25.5 Å². The Morgan fingerprint density at radius 3 is 2.94 bits per heavy atom. The minimum absolute atomic E-state index is 0.243. The first-order valence-electron chi connectivity index (χ1n) is 5.74. The normalized spacial score (nSPS) is 10.1. The molecule has 0 saturated carbocycles. The van der Waals surface area contributed by atoms with Crippen molar-refractivity contribution in [3.8, 4) is 0 Å². The zero-order valence-electron chi connectivity index (χ0n) is 9.74. The second kappa shape index (κ2) is 7.01. The van der Waals surface area contributed by atoms with E-state index in [1.165, 1.54) is 0 Å². The summed E-state index contributed by atoms with van der Waals surface area (Å²) in [4.78, 5) is 11.6. The summed E-state index contributed by atoms with van der Waals surface area (Å²) < 4.78 is 5.13. The van der Waals surface area contributed by atoms with Gasteiger partial charge in [0.2, 0.25) is 0 Å². The number of benzene rings is 1. The van der Waals surface area contributed by atoms with Gasteiger partial charge in [0.1, 0.15) is 0 Å². The summed E-state index contributed by atoms with van der Waals surface area (Å²) in [6, 6.07) is 7.45. The van der Waals surface area contributed by atoms with E-state index < -0.39 is 0 Å². The van der Waals surface area contributed by atoms with Crippen LogP contribution < -0.4 is 5.73 Å². The number of carbonyl (C=O) groups is 1. The Morgan fingerprint density at radius 2 is 2.25 bits per heavy atom. The smallest absolute Gasteiger partial charge is 0.338 e. The number of unbranched alkanes of at least 4 members (excludes halogenated alkanes) is 1. The predicted molar refractivity (Wildman–Crippen MR) is 64.4 cm³/mol. The van der Waals surface area contributed by atoms with E-state index in [4.69, 9.17) is 10.5 Å². The number of hydrogen-bond donors (Lipinski definition) is 1. The van der Waals surface area contributed by atoms with Crippen LogP contribution in [0.15, 0.2) is 24.3 Å². The molecule has 2 N–H and O–H groups in total. The van der Waals surface area contributed by atoms with Crippen molar-refractivity contribution in [2.24, 2.45) is 5.73 Å². The van der Waals surface area contributed by atoms with Crippen LogP contribution >= 0.6 is 0 Å². The van der Waals surface area contributed by atoms with Gasteiger partial charge in [-0.3, -0.25) is 0 Å². The lowest BCUT2D eigenvalue weighted by Crippen LogP contribution is -2.08. The highest BCUT2D eigenvalue weighted by molar-refractivity contribution is 5.89. The van der Waals surface area contributed by atoms with Crippen molar-refractivity contribution in [3.63, 3.8) is 0 Å². The van der Waals surface area contributed by atoms with Crippen LogP contribution in [-0.2, 0) is 11.2 Å². The molecule has 0 bridgehead atoms. The maximum Gasteiger partial charge on any atom is 0.338 e. The number of rotatable bonds is 6. The summed E-state index contributed by atoms with van der Waals surface area (Å²) in [5, 5.41) is 0. The molecule has 0 aliphatic heterocycles. The number of esters is 1. The predicted octanol–water partition coefficient (Wildman–Crippen LogP) is 2.14. The second-order valence-corrected chi connectivity index (χ2v) is 3.73. The van der Waals surface area contributed by atoms with Crippen molar-refractivity contribution in [2.75, 3.05) is 13.2 Å². The van der Waals surface area contributed by atoms with Crippen molar-refractivity contribution in [1.82, 2.24) is 0 Å². The van der Waals surface area contributed by atoms with E-state index in [1.54, 1.807) is 6.07 Å². The molecule has 0 saturated heterocycles. The Morgan fingerprint density at radius 1 is 1.44 bits per heavy atom. The Bertz CT molecular complexity index is 336. The van der Waals surface area contributed by atoms with Crippen LogP contribution in [0.1, 0.15) is 35.7 Å². The van der Waals surface area contributed by atoms with Crippen LogP contribution in [0.25, 0.3) is 0 Å². The molecule has 16 heavy (non-hydrogen) atoms. The maximum atomic E-state index is 11.6. The quantitative estimate of drug-likeness (QED) is 0.591. The van der Waals surface area contributed by atoms with Gasteiger partial charge in [0.25, 0.3) is 0 Å². The average molecular weight is 221 g/mol. The lowest BCUT2D eigenvalue weighted by atomic mass is 10.1. The van der Waals surface area contributed by atoms with Crippen molar-refractivity contribution in [1.29, 1.82) is 0 Å².